The summed E-state index contributed by atoms with van der Waals surface area (Å²) in [6, 6.07) is 6.95. The van der Waals surface area contributed by atoms with Crippen molar-refractivity contribution in [3.05, 3.63) is 57.2 Å². The lowest BCUT2D eigenvalue weighted by molar-refractivity contribution is -0.384. The number of urea groups is 1. The van der Waals surface area contributed by atoms with E-state index in [-0.39, 0.29) is 23.9 Å². The monoisotopic (exact) mass is 433 g/mol. The van der Waals surface area contributed by atoms with Crippen LogP contribution in [0.3, 0.4) is 0 Å². The van der Waals surface area contributed by atoms with Gasteiger partial charge < -0.3 is 19.9 Å². The second-order valence-corrected chi connectivity index (χ2v) is 6.87. The number of piperazine rings is 1. The minimum atomic E-state index is -0.515. The number of ether oxygens (including phenoxy) is 1. The minimum absolute atomic E-state index is 0.0930. The number of aromatic nitrogens is 1. The Hall–Kier alpha value is -3.40. The second-order valence-electron chi connectivity index (χ2n) is 6.46. The molecule has 0 aliphatic carbocycles. The van der Waals surface area contributed by atoms with Crippen LogP contribution in [0.4, 0.5) is 22.0 Å². The average molecular weight is 434 g/mol. The molecule has 10 nitrogen and oxygen atoms in total. The van der Waals surface area contributed by atoms with Gasteiger partial charge in [0.25, 0.3) is 5.69 Å². The maximum Gasteiger partial charge on any atom is 0.339 e. The summed E-state index contributed by atoms with van der Waals surface area (Å²) in [5.41, 5.74) is 0.543. The van der Waals surface area contributed by atoms with Crippen molar-refractivity contribution in [2.75, 3.05) is 43.0 Å². The third kappa shape index (κ3) is 4.95. The summed E-state index contributed by atoms with van der Waals surface area (Å²) in [6.45, 7) is 3.80. The summed E-state index contributed by atoms with van der Waals surface area (Å²) in [5.74, 6) is 0.0459. The Morgan fingerprint density at radius 2 is 2.00 bits per heavy atom. The summed E-state index contributed by atoms with van der Waals surface area (Å²) in [5, 5.41) is 13.9. The van der Waals surface area contributed by atoms with E-state index in [2.05, 4.69) is 10.3 Å². The van der Waals surface area contributed by atoms with Gasteiger partial charge in [-0.05, 0) is 19.1 Å². The van der Waals surface area contributed by atoms with E-state index in [1.165, 1.54) is 30.5 Å². The molecule has 1 saturated heterocycles. The predicted molar refractivity (Wildman–Crippen MR) is 111 cm³/mol. The van der Waals surface area contributed by atoms with Crippen LogP contribution in [0, 0.1) is 10.1 Å². The van der Waals surface area contributed by atoms with E-state index in [9.17, 15) is 19.7 Å². The van der Waals surface area contributed by atoms with Crippen molar-refractivity contribution in [3.8, 4) is 0 Å². The Morgan fingerprint density at radius 3 is 2.63 bits per heavy atom. The van der Waals surface area contributed by atoms with Gasteiger partial charge in [-0.3, -0.25) is 10.1 Å². The molecule has 1 fully saturated rings. The molecular weight excluding hydrogens is 414 g/mol. The predicted octanol–water partition coefficient (Wildman–Crippen LogP) is 3.17. The molecule has 0 spiro atoms. The maximum absolute atomic E-state index is 12.5. The first-order valence-electron chi connectivity index (χ1n) is 9.27. The fraction of sp³-hybridized carbons (Fsp3) is 0.316. The molecule has 30 heavy (non-hydrogen) atoms. The number of nitro groups is 1. The molecule has 3 rings (SSSR count). The Labute approximate surface area is 177 Å². The lowest BCUT2D eigenvalue weighted by Gasteiger charge is -2.35. The largest absolute Gasteiger partial charge is 0.462 e. The highest BCUT2D eigenvalue weighted by molar-refractivity contribution is 6.33. The van der Waals surface area contributed by atoms with E-state index in [0.29, 0.717) is 42.7 Å². The fourth-order valence-corrected chi connectivity index (χ4v) is 3.30. The molecule has 2 heterocycles. The first-order valence-corrected chi connectivity index (χ1v) is 9.65. The number of carbonyl (C=O) groups excluding carboxylic acids is 2. The highest BCUT2D eigenvalue weighted by Gasteiger charge is 2.24. The van der Waals surface area contributed by atoms with Gasteiger partial charge in [0.2, 0.25) is 0 Å². The number of hydrogen-bond acceptors (Lipinski definition) is 7. The van der Waals surface area contributed by atoms with E-state index in [0.717, 1.165) is 0 Å². The van der Waals surface area contributed by atoms with Gasteiger partial charge in [-0.2, -0.15) is 0 Å². The number of halogens is 1. The number of nitrogens with zero attached hydrogens (tertiary/aromatic N) is 4. The van der Waals surface area contributed by atoms with Crippen LogP contribution in [0.25, 0.3) is 0 Å². The Bertz CT molecular complexity index is 962. The first-order chi connectivity index (χ1) is 14.4. The molecule has 1 aliphatic heterocycles. The second kappa shape index (κ2) is 9.40. The molecule has 2 amide bonds. The number of non-ortho nitro benzene ring substituents is 1. The molecule has 0 unspecified atom stereocenters. The number of hydrogen-bond donors (Lipinski definition) is 1. The van der Waals surface area contributed by atoms with E-state index in [1.54, 1.807) is 17.9 Å². The summed E-state index contributed by atoms with van der Waals surface area (Å²) < 4.78 is 4.94. The molecule has 0 bridgehead atoms. The van der Waals surface area contributed by atoms with Gasteiger partial charge in [0.1, 0.15) is 5.82 Å². The molecule has 1 aromatic carbocycles. The zero-order valence-electron chi connectivity index (χ0n) is 16.2. The van der Waals surface area contributed by atoms with Gasteiger partial charge in [0.05, 0.1) is 22.1 Å². The number of pyridine rings is 1. The zero-order chi connectivity index (χ0) is 21.7. The highest BCUT2D eigenvalue weighted by atomic mass is 35.5. The van der Waals surface area contributed by atoms with Gasteiger partial charge in [0.15, 0.2) is 0 Å². The Morgan fingerprint density at radius 1 is 1.27 bits per heavy atom. The molecule has 1 N–H and O–H groups in total. The summed E-state index contributed by atoms with van der Waals surface area (Å²) in [4.78, 5) is 42.4. The van der Waals surface area contributed by atoms with Crippen LogP contribution in [-0.4, -0.2) is 59.6 Å². The van der Waals surface area contributed by atoms with Crippen LogP contribution >= 0.6 is 11.6 Å². The van der Waals surface area contributed by atoms with E-state index in [1.807, 2.05) is 4.90 Å². The highest BCUT2D eigenvalue weighted by Crippen LogP contribution is 2.26. The number of anilines is 2. The van der Waals surface area contributed by atoms with Gasteiger partial charge in [-0.25, -0.2) is 14.6 Å². The Kier molecular flexibility index (Phi) is 6.68. The van der Waals surface area contributed by atoms with E-state index < -0.39 is 10.9 Å². The zero-order valence-corrected chi connectivity index (χ0v) is 17.0. The topological polar surface area (TPSA) is 118 Å². The number of nitro benzene ring substituents is 1. The molecule has 2 aromatic rings. The SMILES string of the molecule is CCOC(=O)c1cnc(N2CCN(C(=O)Nc3cccc([N+](=O)[O-])c3)CC2)c(Cl)c1. The molecular formula is C19H20ClN5O5. The average Bonchev–Trinajstić information content (AvgIpc) is 2.74. The number of rotatable bonds is 5. The number of nitrogens with one attached hydrogen (secondary N) is 1. The van der Waals surface area contributed by atoms with Crippen molar-refractivity contribution in [2.45, 2.75) is 6.92 Å². The van der Waals surface area contributed by atoms with Crippen molar-refractivity contribution in [3.63, 3.8) is 0 Å². The standard InChI is InChI=1S/C19H20ClN5O5/c1-2-30-18(26)13-10-16(20)17(21-12-13)23-6-8-24(9-7-23)19(27)22-14-4-3-5-15(11-14)25(28)29/h3-5,10-12H,2,6-9H2,1H3,(H,22,27). The maximum atomic E-state index is 12.5. The minimum Gasteiger partial charge on any atom is -0.462 e. The smallest absolute Gasteiger partial charge is 0.339 e. The normalized spacial score (nSPS) is 13.7. The van der Waals surface area contributed by atoms with Crippen molar-refractivity contribution in [1.82, 2.24) is 9.88 Å². The third-order valence-electron chi connectivity index (χ3n) is 4.51. The molecule has 1 aromatic heterocycles. The quantitative estimate of drug-likeness (QED) is 0.437. The van der Waals surface area contributed by atoms with Crippen molar-refractivity contribution in [1.29, 1.82) is 0 Å². The lowest BCUT2D eigenvalue weighted by atomic mass is 10.2. The van der Waals surface area contributed by atoms with Gasteiger partial charge >= 0.3 is 12.0 Å². The van der Waals surface area contributed by atoms with Crippen LogP contribution in [0.1, 0.15) is 17.3 Å². The molecule has 0 atom stereocenters. The van der Waals surface area contributed by atoms with Crippen LogP contribution in [-0.2, 0) is 4.74 Å². The first kappa shape index (κ1) is 21.3. The fourth-order valence-electron chi connectivity index (χ4n) is 3.01. The van der Waals surface area contributed by atoms with E-state index in [4.69, 9.17) is 16.3 Å². The molecule has 11 heteroatoms. The Balaban J connectivity index is 1.59. The number of amides is 2. The van der Waals surface area contributed by atoms with Crippen molar-refractivity contribution in [2.24, 2.45) is 0 Å². The van der Waals surface area contributed by atoms with Gasteiger partial charge in [0, 0.05) is 50.2 Å². The number of benzene rings is 1. The molecule has 0 saturated carbocycles. The molecule has 0 radical (unpaired) electrons. The van der Waals surface area contributed by atoms with E-state index >= 15 is 0 Å². The van der Waals surface area contributed by atoms with Crippen molar-refractivity contribution >= 4 is 40.8 Å². The van der Waals surface area contributed by atoms with Crippen LogP contribution < -0.4 is 10.2 Å². The lowest BCUT2D eigenvalue weighted by Crippen LogP contribution is -2.50. The summed E-state index contributed by atoms with van der Waals surface area (Å²) >= 11 is 6.29. The number of esters is 1. The number of carbonyl (C=O) groups is 2. The van der Waals surface area contributed by atoms with Crippen molar-refractivity contribution < 1.29 is 19.2 Å². The molecule has 158 valence electrons. The summed E-state index contributed by atoms with van der Waals surface area (Å²) in [6.07, 6.45) is 1.42. The van der Waals surface area contributed by atoms with Gasteiger partial charge in [-0.1, -0.05) is 17.7 Å². The summed E-state index contributed by atoms with van der Waals surface area (Å²) in [7, 11) is 0. The molecule has 1 aliphatic rings. The third-order valence-corrected chi connectivity index (χ3v) is 4.79. The van der Waals surface area contributed by atoms with Gasteiger partial charge in [-0.15, -0.1) is 0 Å². The van der Waals surface area contributed by atoms with Crippen LogP contribution in [0.5, 0.6) is 0 Å². The van der Waals surface area contributed by atoms with Crippen LogP contribution in [0.15, 0.2) is 36.5 Å². The van der Waals surface area contributed by atoms with Crippen LogP contribution in [0.2, 0.25) is 5.02 Å².